The molecule has 0 aliphatic carbocycles. The molecule has 2 aromatic rings. The number of aryl methyl sites for hydroxylation is 1. The Labute approximate surface area is 135 Å². The lowest BCUT2D eigenvalue weighted by molar-refractivity contribution is -0.137. The molecule has 0 saturated heterocycles. The number of nitrogens with one attached hydrogen (secondary N) is 1. The van der Waals surface area contributed by atoms with E-state index in [-0.39, 0.29) is 18.1 Å². The van der Waals surface area contributed by atoms with Crippen molar-refractivity contribution < 1.29 is 27.3 Å². The van der Waals surface area contributed by atoms with Gasteiger partial charge < -0.3 is 14.7 Å². The van der Waals surface area contributed by atoms with Crippen molar-refractivity contribution in [3.8, 4) is 0 Å². The summed E-state index contributed by atoms with van der Waals surface area (Å²) in [6.07, 6.45) is -4.47. The molecular weight excluding hydrogens is 327 g/mol. The van der Waals surface area contributed by atoms with Crippen LogP contribution in [0.25, 0.3) is 0 Å². The number of carbonyl (C=O) groups is 2. The predicted molar refractivity (Wildman–Crippen MR) is 79.3 cm³/mol. The molecule has 0 spiro atoms. The highest BCUT2D eigenvalue weighted by Gasteiger charge is 2.30. The number of hydrogen-bond acceptors (Lipinski definition) is 4. The van der Waals surface area contributed by atoms with E-state index in [9.17, 15) is 22.8 Å². The molecule has 0 saturated carbocycles. The molecule has 9 heteroatoms. The van der Waals surface area contributed by atoms with Gasteiger partial charge in [0.2, 0.25) is 11.8 Å². The summed E-state index contributed by atoms with van der Waals surface area (Å²) in [7, 11) is 0. The number of halogens is 3. The van der Waals surface area contributed by atoms with Crippen molar-refractivity contribution in [1.29, 1.82) is 0 Å². The highest BCUT2D eigenvalue weighted by Crippen LogP contribution is 2.30. The van der Waals surface area contributed by atoms with Crippen LogP contribution in [0.3, 0.4) is 0 Å². The molecule has 1 N–H and O–H groups in total. The summed E-state index contributed by atoms with van der Waals surface area (Å²) in [5, 5.41) is 6.02. The fourth-order valence-electron chi connectivity index (χ4n) is 1.97. The number of benzene rings is 1. The lowest BCUT2D eigenvalue weighted by Crippen LogP contribution is -2.36. The number of amides is 2. The summed E-state index contributed by atoms with van der Waals surface area (Å²) in [6, 6.07) is 5.47. The van der Waals surface area contributed by atoms with E-state index < -0.39 is 23.6 Å². The van der Waals surface area contributed by atoms with Crippen LogP contribution < -0.4 is 10.2 Å². The number of hydrogen-bond donors (Lipinski definition) is 1. The molecule has 1 aromatic carbocycles. The zero-order chi connectivity index (χ0) is 17.9. The topological polar surface area (TPSA) is 75.4 Å². The van der Waals surface area contributed by atoms with E-state index in [0.717, 1.165) is 29.2 Å². The summed E-state index contributed by atoms with van der Waals surface area (Å²) in [4.78, 5) is 24.7. The molecular formula is C15H14F3N3O3. The van der Waals surface area contributed by atoms with E-state index in [0.29, 0.717) is 5.76 Å². The van der Waals surface area contributed by atoms with Crippen LogP contribution in [0.1, 0.15) is 18.2 Å². The summed E-state index contributed by atoms with van der Waals surface area (Å²) in [5.74, 6) is -0.357. The van der Waals surface area contributed by atoms with Crippen LogP contribution in [-0.4, -0.2) is 23.5 Å². The molecule has 24 heavy (non-hydrogen) atoms. The lowest BCUT2D eigenvalue weighted by atomic mass is 10.2. The first-order chi connectivity index (χ1) is 11.2. The van der Waals surface area contributed by atoms with Crippen LogP contribution in [0.15, 0.2) is 34.9 Å². The minimum absolute atomic E-state index is 0.182. The Morgan fingerprint density at radius 1 is 1.25 bits per heavy atom. The minimum atomic E-state index is -4.47. The highest BCUT2D eigenvalue weighted by atomic mass is 19.4. The van der Waals surface area contributed by atoms with Gasteiger partial charge in [0.15, 0.2) is 5.82 Å². The van der Waals surface area contributed by atoms with E-state index in [2.05, 4.69) is 10.5 Å². The Morgan fingerprint density at radius 2 is 1.88 bits per heavy atom. The minimum Gasteiger partial charge on any atom is -0.360 e. The second-order valence-electron chi connectivity index (χ2n) is 5.02. The first-order valence-electron chi connectivity index (χ1n) is 6.85. The van der Waals surface area contributed by atoms with Gasteiger partial charge in [-0.2, -0.15) is 13.2 Å². The normalized spacial score (nSPS) is 11.2. The predicted octanol–water partition coefficient (Wildman–Crippen LogP) is 2.99. The number of nitrogens with zero attached hydrogens (tertiary/aromatic N) is 2. The maximum atomic E-state index is 12.6. The SMILES string of the molecule is CC(=O)N(CC(=O)Nc1cc(C)on1)c1ccc(C(F)(F)F)cc1. The van der Waals surface area contributed by atoms with Gasteiger partial charge in [-0.3, -0.25) is 9.59 Å². The molecule has 0 unspecified atom stereocenters. The second kappa shape index (κ2) is 6.73. The Hall–Kier alpha value is -2.84. The molecule has 2 rings (SSSR count). The van der Waals surface area contributed by atoms with Gasteiger partial charge in [-0.05, 0) is 31.2 Å². The van der Waals surface area contributed by atoms with Crippen molar-refractivity contribution in [1.82, 2.24) is 5.16 Å². The molecule has 0 atom stereocenters. The highest BCUT2D eigenvalue weighted by molar-refractivity contribution is 6.01. The third kappa shape index (κ3) is 4.34. The van der Waals surface area contributed by atoms with Crippen molar-refractivity contribution in [2.75, 3.05) is 16.8 Å². The standard InChI is InChI=1S/C15H14F3N3O3/c1-9-7-13(20-24-9)19-14(23)8-21(10(2)22)12-5-3-11(4-6-12)15(16,17)18/h3-7H,8H2,1-2H3,(H,19,20,23). The van der Waals surface area contributed by atoms with Gasteiger partial charge in [0, 0.05) is 18.7 Å². The number of carbonyl (C=O) groups excluding carboxylic acids is 2. The summed E-state index contributed by atoms with van der Waals surface area (Å²) < 4.78 is 42.5. The van der Waals surface area contributed by atoms with Gasteiger partial charge in [0.1, 0.15) is 12.3 Å². The monoisotopic (exact) mass is 341 g/mol. The molecule has 0 fully saturated rings. The Bertz CT molecular complexity index is 738. The van der Waals surface area contributed by atoms with Crippen LogP contribution in [0.4, 0.5) is 24.7 Å². The van der Waals surface area contributed by atoms with Crippen molar-refractivity contribution in [2.45, 2.75) is 20.0 Å². The quantitative estimate of drug-likeness (QED) is 0.928. The lowest BCUT2D eigenvalue weighted by Gasteiger charge is -2.21. The van der Waals surface area contributed by atoms with E-state index in [1.165, 1.54) is 13.0 Å². The van der Waals surface area contributed by atoms with Gasteiger partial charge in [0.25, 0.3) is 0 Å². The molecule has 0 aliphatic rings. The number of alkyl halides is 3. The fraction of sp³-hybridized carbons (Fsp3) is 0.267. The van der Waals surface area contributed by atoms with Crippen molar-refractivity contribution >= 4 is 23.3 Å². The molecule has 0 radical (unpaired) electrons. The van der Waals surface area contributed by atoms with Crippen LogP contribution in [-0.2, 0) is 15.8 Å². The number of anilines is 2. The Kier molecular flexibility index (Phi) is 4.91. The smallest absolute Gasteiger partial charge is 0.360 e. The van der Waals surface area contributed by atoms with Crippen LogP contribution >= 0.6 is 0 Å². The van der Waals surface area contributed by atoms with E-state index in [4.69, 9.17) is 4.52 Å². The second-order valence-corrected chi connectivity index (χ2v) is 5.02. The Balaban J connectivity index is 2.11. The van der Waals surface area contributed by atoms with Crippen LogP contribution in [0.5, 0.6) is 0 Å². The fourth-order valence-corrected chi connectivity index (χ4v) is 1.97. The zero-order valence-corrected chi connectivity index (χ0v) is 12.8. The molecule has 1 heterocycles. The first-order valence-corrected chi connectivity index (χ1v) is 6.85. The number of rotatable bonds is 4. The molecule has 2 amide bonds. The summed E-state index contributed by atoms with van der Waals surface area (Å²) in [5.41, 5.74) is -0.653. The average molecular weight is 341 g/mol. The van der Waals surface area contributed by atoms with Gasteiger partial charge in [-0.15, -0.1) is 0 Å². The average Bonchev–Trinajstić information content (AvgIpc) is 2.89. The maximum Gasteiger partial charge on any atom is 0.416 e. The summed E-state index contributed by atoms with van der Waals surface area (Å²) >= 11 is 0. The van der Waals surface area contributed by atoms with Crippen molar-refractivity contribution in [3.63, 3.8) is 0 Å². The summed E-state index contributed by atoms with van der Waals surface area (Å²) in [6.45, 7) is 2.49. The molecule has 0 aliphatic heterocycles. The largest absolute Gasteiger partial charge is 0.416 e. The third-order valence-electron chi connectivity index (χ3n) is 3.08. The molecule has 6 nitrogen and oxygen atoms in total. The van der Waals surface area contributed by atoms with Gasteiger partial charge in [-0.1, -0.05) is 5.16 Å². The van der Waals surface area contributed by atoms with Crippen LogP contribution in [0.2, 0.25) is 0 Å². The van der Waals surface area contributed by atoms with Gasteiger partial charge in [-0.25, -0.2) is 0 Å². The number of aromatic nitrogens is 1. The van der Waals surface area contributed by atoms with Crippen molar-refractivity contribution in [3.05, 3.63) is 41.7 Å². The molecule has 0 bridgehead atoms. The zero-order valence-electron chi connectivity index (χ0n) is 12.8. The van der Waals surface area contributed by atoms with E-state index in [1.54, 1.807) is 6.92 Å². The van der Waals surface area contributed by atoms with Gasteiger partial charge >= 0.3 is 6.18 Å². The first kappa shape index (κ1) is 17.5. The van der Waals surface area contributed by atoms with E-state index >= 15 is 0 Å². The molecule has 128 valence electrons. The van der Waals surface area contributed by atoms with Crippen LogP contribution in [0, 0.1) is 6.92 Å². The third-order valence-corrected chi connectivity index (χ3v) is 3.08. The molecule has 1 aromatic heterocycles. The Morgan fingerprint density at radius 3 is 2.33 bits per heavy atom. The van der Waals surface area contributed by atoms with Gasteiger partial charge in [0.05, 0.1) is 5.56 Å². The van der Waals surface area contributed by atoms with Crippen molar-refractivity contribution in [2.24, 2.45) is 0 Å². The maximum absolute atomic E-state index is 12.6. The van der Waals surface area contributed by atoms with E-state index in [1.807, 2.05) is 0 Å².